The quantitative estimate of drug-likeness (QED) is 0.825. The molecule has 0 saturated carbocycles. The number of para-hydroxylation sites is 1. The van der Waals surface area contributed by atoms with E-state index >= 15 is 0 Å². The number of benzene rings is 1. The fourth-order valence-corrected chi connectivity index (χ4v) is 1.47. The lowest BCUT2D eigenvalue weighted by Gasteiger charge is -2.21. The van der Waals surface area contributed by atoms with Crippen LogP contribution in [0.1, 0.15) is 19.4 Å². The average Bonchev–Trinajstić information content (AvgIpc) is 2.28. The van der Waals surface area contributed by atoms with Gasteiger partial charge in [-0.3, -0.25) is 4.79 Å². The topological polar surface area (TPSA) is 75.6 Å². The molecule has 0 radical (unpaired) electrons. The van der Waals surface area contributed by atoms with Crippen LogP contribution >= 0.6 is 0 Å². The number of nitrogens with one attached hydrogen (secondary N) is 1. The number of carboxylic acid groups (broad SMARTS) is 1. The summed E-state index contributed by atoms with van der Waals surface area (Å²) in [5.74, 6) is -0.816. The zero-order valence-corrected chi connectivity index (χ0v) is 10.7. The monoisotopic (exact) mass is 251 g/mol. The van der Waals surface area contributed by atoms with Gasteiger partial charge in [0.2, 0.25) is 5.91 Å². The zero-order valence-electron chi connectivity index (χ0n) is 10.7. The van der Waals surface area contributed by atoms with Crippen molar-refractivity contribution in [2.24, 2.45) is 0 Å². The smallest absolute Gasteiger partial charge is 0.328 e. The molecule has 2 N–H and O–H groups in total. The predicted molar refractivity (Wildman–Crippen MR) is 66.6 cm³/mol. The first-order chi connectivity index (χ1) is 8.36. The van der Waals surface area contributed by atoms with Crippen LogP contribution in [0.2, 0.25) is 0 Å². The van der Waals surface area contributed by atoms with Crippen molar-refractivity contribution in [2.75, 3.05) is 7.11 Å². The van der Waals surface area contributed by atoms with Crippen molar-refractivity contribution in [1.29, 1.82) is 0 Å². The van der Waals surface area contributed by atoms with Gasteiger partial charge in [-0.15, -0.1) is 0 Å². The SMILES string of the molecule is COc1ccccc1CC(=O)NC(C)(C)C(=O)O. The van der Waals surface area contributed by atoms with E-state index in [0.29, 0.717) is 5.75 Å². The van der Waals surface area contributed by atoms with Gasteiger partial charge in [-0.25, -0.2) is 4.79 Å². The van der Waals surface area contributed by atoms with Crippen LogP contribution in [0.5, 0.6) is 5.75 Å². The summed E-state index contributed by atoms with van der Waals surface area (Å²) in [6, 6.07) is 7.13. The van der Waals surface area contributed by atoms with Crippen LogP contribution < -0.4 is 10.1 Å². The summed E-state index contributed by atoms with van der Waals surface area (Å²) in [6.07, 6.45) is 0.0841. The second-order valence-corrected chi connectivity index (χ2v) is 4.47. The van der Waals surface area contributed by atoms with Crippen LogP contribution in [0.3, 0.4) is 0 Å². The van der Waals surface area contributed by atoms with Crippen molar-refractivity contribution < 1.29 is 19.4 Å². The summed E-state index contributed by atoms with van der Waals surface area (Å²) in [4.78, 5) is 22.7. The van der Waals surface area contributed by atoms with Gasteiger partial charge in [0.05, 0.1) is 13.5 Å². The third-order valence-corrected chi connectivity index (χ3v) is 2.53. The van der Waals surface area contributed by atoms with E-state index in [1.165, 1.54) is 21.0 Å². The Morgan fingerprint density at radius 3 is 2.50 bits per heavy atom. The van der Waals surface area contributed by atoms with Gasteiger partial charge in [-0.05, 0) is 19.9 Å². The van der Waals surface area contributed by atoms with Crippen molar-refractivity contribution in [1.82, 2.24) is 5.32 Å². The van der Waals surface area contributed by atoms with E-state index in [9.17, 15) is 9.59 Å². The molecule has 0 spiro atoms. The number of carboxylic acids is 1. The number of ether oxygens (including phenoxy) is 1. The summed E-state index contributed by atoms with van der Waals surface area (Å²) >= 11 is 0. The minimum atomic E-state index is -1.28. The lowest BCUT2D eigenvalue weighted by atomic mass is 10.0. The molecule has 98 valence electrons. The van der Waals surface area contributed by atoms with E-state index in [1.807, 2.05) is 0 Å². The highest BCUT2D eigenvalue weighted by Gasteiger charge is 2.28. The minimum Gasteiger partial charge on any atom is -0.496 e. The van der Waals surface area contributed by atoms with Gasteiger partial charge in [0, 0.05) is 5.56 Å². The summed E-state index contributed by atoms with van der Waals surface area (Å²) in [5.41, 5.74) is -0.558. The molecule has 0 aliphatic rings. The summed E-state index contributed by atoms with van der Waals surface area (Å²) in [5, 5.41) is 11.4. The Bertz CT molecular complexity index is 454. The first kappa shape index (κ1) is 14.0. The first-order valence-electron chi connectivity index (χ1n) is 5.53. The summed E-state index contributed by atoms with van der Waals surface area (Å²) in [7, 11) is 1.53. The molecule has 0 saturated heterocycles. The second-order valence-electron chi connectivity index (χ2n) is 4.47. The second kappa shape index (κ2) is 5.53. The van der Waals surface area contributed by atoms with Crippen molar-refractivity contribution in [3.63, 3.8) is 0 Å². The molecule has 0 aliphatic carbocycles. The summed E-state index contributed by atoms with van der Waals surface area (Å²) in [6.45, 7) is 2.88. The maximum atomic E-state index is 11.8. The number of hydrogen-bond donors (Lipinski definition) is 2. The van der Waals surface area contributed by atoms with Crippen LogP contribution in [0, 0.1) is 0 Å². The first-order valence-corrected chi connectivity index (χ1v) is 5.53. The van der Waals surface area contributed by atoms with Crippen molar-refractivity contribution in [3.05, 3.63) is 29.8 Å². The standard InChI is InChI=1S/C13H17NO4/c1-13(2,12(16)17)14-11(15)8-9-6-4-5-7-10(9)18-3/h4-7H,8H2,1-3H3,(H,14,15)(H,16,17). The molecule has 1 amide bonds. The third kappa shape index (κ3) is 3.48. The predicted octanol–water partition coefficient (Wildman–Crippen LogP) is 1.22. The van der Waals surface area contributed by atoms with Gasteiger partial charge in [0.25, 0.3) is 0 Å². The van der Waals surface area contributed by atoms with Gasteiger partial charge < -0.3 is 15.2 Å². The molecule has 1 rings (SSSR count). The molecule has 1 aromatic carbocycles. The van der Waals surface area contributed by atoms with E-state index in [0.717, 1.165) is 5.56 Å². The molecule has 0 bridgehead atoms. The van der Waals surface area contributed by atoms with Gasteiger partial charge in [0.15, 0.2) is 0 Å². The molecule has 5 heteroatoms. The lowest BCUT2D eigenvalue weighted by molar-refractivity contribution is -0.145. The normalized spacial score (nSPS) is 10.8. The molecule has 0 fully saturated rings. The molecule has 0 aromatic heterocycles. The van der Waals surface area contributed by atoms with Gasteiger partial charge in [-0.2, -0.15) is 0 Å². The van der Waals surface area contributed by atoms with Crippen LogP contribution in [0.4, 0.5) is 0 Å². The summed E-state index contributed by atoms with van der Waals surface area (Å²) < 4.78 is 5.13. The minimum absolute atomic E-state index is 0.0841. The van der Waals surface area contributed by atoms with Crippen LogP contribution in [0.15, 0.2) is 24.3 Å². The van der Waals surface area contributed by atoms with E-state index in [4.69, 9.17) is 9.84 Å². The van der Waals surface area contributed by atoms with Gasteiger partial charge in [0.1, 0.15) is 11.3 Å². The maximum Gasteiger partial charge on any atom is 0.328 e. The average molecular weight is 251 g/mol. The van der Waals surface area contributed by atoms with Gasteiger partial charge in [-0.1, -0.05) is 18.2 Å². The van der Waals surface area contributed by atoms with Crippen molar-refractivity contribution in [2.45, 2.75) is 25.8 Å². The maximum absolute atomic E-state index is 11.8. The number of hydrogen-bond acceptors (Lipinski definition) is 3. The number of aliphatic carboxylic acids is 1. The molecule has 18 heavy (non-hydrogen) atoms. The largest absolute Gasteiger partial charge is 0.496 e. The number of carbonyl (C=O) groups excluding carboxylic acids is 1. The Morgan fingerprint density at radius 2 is 1.94 bits per heavy atom. The highest BCUT2D eigenvalue weighted by atomic mass is 16.5. The van der Waals surface area contributed by atoms with E-state index in [-0.39, 0.29) is 12.3 Å². The zero-order chi connectivity index (χ0) is 13.8. The molecule has 0 atom stereocenters. The number of methoxy groups -OCH3 is 1. The molecular weight excluding hydrogens is 234 g/mol. The van der Waals surface area contributed by atoms with E-state index in [2.05, 4.69) is 5.32 Å². The van der Waals surface area contributed by atoms with Crippen LogP contribution in [-0.4, -0.2) is 29.6 Å². The Labute approximate surface area is 106 Å². The molecule has 1 aromatic rings. The Hall–Kier alpha value is -2.04. The van der Waals surface area contributed by atoms with E-state index < -0.39 is 11.5 Å². The number of carbonyl (C=O) groups is 2. The Morgan fingerprint density at radius 1 is 1.33 bits per heavy atom. The third-order valence-electron chi connectivity index (χ3n) is 2.53. The number of amides is 1. The van der Waals surface area contributed by atoms with Gasteiger partial charge >= 0.3 is 5.97 Å². The van der Waals surface area contributed by atoms with E-state index in [1.54, 1.807) is 24.3 Å². The van der Waals surface area contributed by atoms with Crippen LogP contribution in [-0.2, 0) is 16.0 Å². The highest BCUT2D eigenvalue weighted by molar-refractivity contribution is 5.87. The Balaban J connectivity index is 2.74. The molecule has 5 nitrogen and oxygen atoms in total. The molecule has 0 unspecified atom stereocenters. The van der Waals surface area contributed by atoms with Crippen molar-refractivity contribution in [3.8, 4) is 5.75 Å². The molecule has 0 heterocycles. The molecule has 0 aliphatic heterocycles. The Kier molecular flexibility index (Phi) is 4.31. The molecular formula is C13H17NO4. The lowest BCUT2D eigenvalue weighted by Crippen LogP contribution is -2.50. The fraction of sp³-hybridized carbons (Fsp3) is 0.385. The highest BCUT2D eigenvalue weighted by Crippen LogP contribution is 2.18. The van der Waals surface area contributed by atoms with Crippen LogP contribution in [0.25, 0.3) is 0 Å². The number of rotatable bonds is 5. The van der Waals surface area contributed by atoms with Crippen molar-refractivity contribution >= 4 is 11.9 Å². The fourth-order valence-electron chi connectivity index (χ4n) is 1.47.